The molecule has 0 aliphatic rings. The number of pyridine rings is 1. The summed E-state index contributed by atoms with van der Waals surface area (Å²) in [6, 6.07) is 17.2. The van der Waals surface area contributed by atoms with E-state index in [0.717, 1.165) is 4.88 Å². The number of rotatable bonds is 7. The molecule has 1 aromatic carbocycles. The van der Waals surface area contributed by atoms with Crippen LogP contribution in [0.1, 0.15) is 21.1 Å². The number of aromatic nitrogens is 5. The second-order valence-electron chi connectivity index (χ2n) is 7.69. The minimum atomic E-state index is -0.424. The van der Waals surface area contributed by atoms with Crippen molar-refractivity contribution < 1.29 is 4.79 Å². The normalized spacial score (nSPS) is 10.9. The van der Waals surface area contributed by atoms with Gasteiger partial charge in [0.2, 0.25) is 0 Å². The molecule has 0 atom stereocenters. The molecular formula is C25H18Cl2N6O2S. The third-order valence-corrected chi connectivity index (χ3v) is 6.87. The van der Waals surface area contributed by atoms with E-state index in [0.29, 0.717) is 44.4 Å². The van der Waals surface area contributed by atoms with Gasteiger partial charge in [-0.25, -0.2) is 9.97 Å². The zero-order valence-electron chi connectivity index (χ0n) is 18.6. The molecule has 0 spiro atoms. The summed E-state index contributed by atoms with van der Waals surface area (Å²) in [4.78, 5) is 36.0. The summed E-state index contributed by atoms with van der Waals surface area (Å²) >= 11 is 13.8. The molecule has 0 bridgehead atoms. The smallest absolute Gasteiger partial charge is 0.281 e. The Balaban J connectivity index is 1.53. The monoisotopic (exact) mass is 536 g/mol. The molecule has 0 aliphatic carbocycles. The Morgan fingerprint density at radius 3 is 2.56 bits per heavy atom. The number of thiophene rings is 1. The van der Waals surface area contributed by atoms with Crippen molar-refractivity contribution in [3.63, 3.8) is 0 Å². The van der Waals surface area contributed by atoms with Crippen molar-refractivity contribution >= 4 is 46.3 Å². The predicted octanol–water partition coefficient (Wildman–Crippen LogP) is 5.22. The fraction of sp³-hybridized carbons (Fsp3) is 0.0800. The Hall–Kier alpha value is -3.79. The minimum Gasteiger partial charge on any atom is -0.365 e. The molecule has 0 saturated carbocycles. The SMILES string of the molecule is O=C(c1ccccc1Cl)n1nc(-c2cccn(Cc3ncccn3)c2=O)cc1NCc1ccc(Cl)s1. The lowest BCUT2D eigenvalue weighted by Gasteiger charge is -2.09. The largest absolute Gasteiger partial charge is 0.365 e. The van der Waals surface area contributed by atoms with Crippen LogP contribution in [0.5, 0.6) is 0 Å². The second-order valence-corrected chi connectivity index (χ2v) is 9.90. The summed E-state index contributed by atoms with van der Waals surface area (Å²) in [5.41, 5.74) is 0.691. The molecule has 0 fully saturated rings. The Morgan fingerprint density at radius 2 is 1.81 bits per heavy atom. The minimum absolute atomic E-state index is 0.205. The molecule has 0 aliphatic heterocycles. The van der Waals surface area contributed by atoms with Crippen LogP contribution >= 0.6 is 34.5 Å². The topological polar surface area (TPSA) is 94.7 Å². The van der Waals surface area contributed by atoms with Gasteiger partial charge in [-0.05, 0) is 42.5 Å². The third kappa shape index (κ3) is 5.08. The van der Waals surface area contributed by atoms with Crippen LogP contribution < -0.4 is 10.9 Å². The van der Waals surface area contributed by atoms with Gasteiger partial charge >= 0.3 is 0 Å². The van der Waals surface area contributed by atoms with E-state index in [1.54, 1.807) is 67.1 Å². The van der Waals surface area contributed by atoms with E-state index < -0.39 is 5.91 Å². The van der Waals surface area contributed by atoms with Gasteiger partial charge in [0.25, 0.3) is 11.5 Å². The van der Waals surface area contributed by atoms with Crippen molar-refractivity contribution in [3.05, 3.63) is 115 Å². The first-order valence-electron chi connectivity index (χ1n) is 10.8. The fourth-order valence-corrected chi connectivity index (χ4v) is 4.83. The van der Waals surface area contributed by atoms with Crippen LogP contribution in [0, 0.1) is 0 Å². The number of benzene rings is 1. The highest BCUT2D eigenvalue weighted by molar-refractivity contribution is 7.16. The lowest BCUT2D eigenvalue weighted by Crippen LogP contribution is -2.22. The molecule has 4 aromatic heterocycles. The van der Waals surface area contributed by atoms with Crippen molar-refractivity contribution in [2.75, 3.05) is 5.32 Å². The third-order valence-electron chi connectivity index (χ3n) is 5.31. The molecule has 180 valence electrons. The summed E-state index contributed by atoms with van der Waals surface area (Å²) in [5.74, 6) is 0.501. The molecule has 8 nitrogen and oxygen atoms in total. The van der Waals surface area contributed by atoms with Gasteiger partial charge < -0.3 is 9.88 Å². The maximum atomic E-state index is 13.4. The highest BCUT2D eigenvalue weighted by Gasteiger charge is 2.21. The standard InChI is InChI=1S/C25H18Cl2N6O2S/c26-19-7-2-1-5-17(19)25(35)33-23(30-14-16-8-9-21(27)36-16)13-20(31-33)18-6-3-12-32(24(18)34)15-22-28-10-4-11-29-22/h1-13,30H,14-15H2. The zero-order chi connectivity index (χ0) is 25.1. The molecule has 36 heavy (non-hydrogen) atoms. The predicted molar refractivity (Wildman–Crippen MR) is 141 cm³/mol. The van der Waals surface area contributed by atoms with Crippen LogP contribution in [0.15, 0.2) is 84.0 Å². The summed E-state index contributed by atoms with van der Waals surface area (Å²) in [6.45, 7) is 0.625. The van der Waals surface area contributed by atoms with E-state index in [-0.39, 0.29) is 12.1 Å². The number of carbonyl (C=O) groups is 1. The number of nitrogens with zero attached hydrogens (tertiary/aromatic N) is 5. The molecule has 11 heteroatoms. The number of halogens is 2. The maximum Gasteiger partial charge on any atom is 0.281 e. The summed E-state index contributed by atoms with van der Waals surface area (Å²) in [6.07, 6.45) is 4.91. The van der Waals surface area contributed by atoms with Crippen molar-refractivity contribution in [2.24, 2.45) is 0 Å². The molecular weight excluding hydrogens is 519 g/mol. The number of hydrogen-bond donors (Lipinski definition) is 1. The molecule has 0 saturated heterocycles. The van der Waals surface area contributed by atoms with Gasteiger partial charge in [-0.15, -0.1) is 11.3 Å². The Kier molecular flexibility index (Phi) is 6.95. The van der Waals surface area contributed by atoms with Crippen molar-refractivity contribution in [3.8, 4) is 11.3 Å². The van der Waals surface area contributed by atoms with Gasteiger partial charge in [0.15, 0.2) is 0 Å². The maximum absolute atomic E-state index is 13.4. The van der Waals surface area contributed by atoms with E-state index in [1.807, 2.05) is 12.1 Å². The molecule has 5 aromatic rings. The van der Waals surface area contributed by atoms with Crippen LogP contribution in [-0.4, -0.2) is 30.2 Å². The van der Waals surface area contributed by atoms with Gasteiger partial charge in [0.1, 0.15) is 17.3 Å². The van der Waals surface area contributed by atoms with Gasteiger partial charge in [0, 0.05) is 29.5 Å². The van der Waals surface area contributed by atoms with E-state index in [4.69, 9.17) is 23.2 Å². The molecule has 4 heterocycles. The lowest BCUT2D eigenvalue weighted by molar-refractivity contribution is 0.0948. The molecule has 1 N–H and O–H groups in total. The number of nitrogens with one attached hydrogen (secondary N) is 1. The second kappa shape index (κ2) is 10.4. The molecule has 0 radical (unpaired) electrons. The van der Waals surface area contributed by atoms with Crippen LogP contribution in [0.4, 0.5) is 5.82 Å². The van der Waals surface area contributed by atoms with E-state index >= 15 is 0 Å². The summed E-state index contributed by atoms with van der Waals surface area (Å²) in [5, 5.41) is 8.05. The van der Waals surface area contributed by atoms with Crippen LogP contribution in [-0.2, 0) is 13.1 Å². The van der Waals surface area contributed by atoms with E-state index in [9.17, 15) is 9.59 Å². The molecule has 0 amide bonds. The molecule has 0 unspecified atom stereocenters. The summed E-state index contributed by atoms with van der Waals surface area (Å²) in [7, 11) is 0. The summed E-state index contributed by atoms with van der Waals surface area (Å²) < 4.78 is 3.39. The van der Waals surface area contributed by atoms with Gasteiger partial charge in [-0.1, -0.05) is 35.3 Å². The molecule has 5 rings (SSSR count). The average molecular weight is 537 g/mol. The first kappa shape index (κ1) is 23.9. The van der Waals surface area contributed by atoms with Crippen LogP contribution in [0.2, 0.25) is 9.36 Å². The highest BCUT2D eigenvalue weighted by Crippen LogP contribution is 2.26. The Morgan fingerprint density at radius 1 is 1.00 bits per heavy atom. The highest BCUT2D eigenvalue weighted by atomic mass is 35.5. The number of carbonyl (C=O) groups excluding carboxylic acids is 1. The van der Waals surface area contributed by atoms with Crippen LogP contribution in [0.25, 0.3) is 11.3 Å². The first-order chi connectivity index (χ1) is 17.5. The van der Waals surface area contributed by atoms with Gasteiger partial charge in [0.05, 0.1) is 33.6 Å². The van der Waals surface area contributed by atoms with E-state index in [1.165, 1.54) is 20.6 Å². The van der Waals surface area contributed by atoms with Crippen molar-refractivity contribution in [2.45, 2.75) is 13.1 Å². The van der Waals surface area contributed by atoms with Crippen LogP contribution in [0.3, 0.4) is 0 Å². The van der Waals surface area contributed by atoms with E-state index in [2.05, 4.69) is 20.4 Å². The Bertz CT molecular complexity index is 1600. The Labute approximate surface area is 219 Å². The number of hydrogen-bond acceptors (Lipinski definition) is 7. The van der Waals surface area contributed by atoms with Gasteiger partial charge in [-0.3, -0.25) is 9.59 Å². The van der Waals surface area contributed by atoms with Crippen molar-refractivity contribution in [1.82, 2.24) is 24.3 Å². The zero-order valence-corrected chi connectivity index (χ0v) is 21.0. The fourth-order valence-electron chi connectivity index (χ4n) is 3.59. The van der Waals surface area contributed by atoms with Crippen molar-refractivity contribution in [1.29, 1.82) is 0 Å². The first-order valence-corrected chi connectivity index (χ1v) is 12.4. The lowest BCUT2D eigenvalue weighted by atomic mass is 10.2. The van der Waals surface area contributed by atoms with Gasteiger partial charge in [-0.2, -0.15) is 9.78 Å². The average Bonchev–Trinajstić information content (AvgIpc) is 3.50. The quantitative estimate of drug-likeness (QED) is 0.306. The number of anilines is 1.